The van der Waals surface area contributed by atoms with E-state index >= 15 is 0 Å². The van der Waals surface area contributed by atoms with Crippen molar-refractivity contribution in [3.8, 4) is 17.1 Å². The number of hydrogen-bond donors (Lipinski definition) is 0. The molecule has 0 aliphatic carbocycles. The van der Waals surface area contributed by atoms with Gasteiger partial charge in [-0.3, -0.25) is 0 Å². The maximum absolute atomic E-state index is 12.9. The van der Waals surface area contributed by atoms with Crippen LogP contribution in [0.5, 0.6) is 5.75 Å². The fraction of sp³-hybridized carbons (Fsp3) is 0.263. The fourth-order valence-corrected chi connectivity index (χ4v) is 3.84. The predicted molar refractivity (Wildman–Crippen MR) is 101 cm³/mol. The molecule has 3 aromatic rings. The van der Waals surface area contributed by atoms with Gasteiger partial charge in [0.25, 0.3) is 0 Å². The van der Waals surface area contributed by atoms with Gasteiger partial charge in [0.15, 0.2) is 0 Å². The standard InChI is InChI=1S/C19H21N3O4S/c1-4-14-12-16(10-11-17(14)25-3)27(23,24)22(2)13-18-20-19(21-26-18)15-8-6-5-7-9-15/h5-12H,4,13H2,1-3H3. The van der Waals surface area contributed by atoms with Gasteiger partial charge in [-0.1, -0.05) is 42.4 Å². The molecule has 8 heteroatoms. The molecule has 142 valence electrons. The van der Waals surface area contributed by atoms with E-state index in [1.54, 1.807) is 19.2 Å². The largest absolute Gasteiger partial charge is 0.496 e. The third kappa shape index (κ3) is 4.01. The molecule has 3 rings (SSSR count). The van der Waals surface area contributed by atoms with Crippen LogP contribution in [0.1, 0.15) is 18.4 Å². The third-order valence-corrected chi connectivity index (χ3v) is 6.00. The van der Waals surface area contributed by atoms with Gasteiger partial charge >= 0.3 is 0 Å². The van der Waals surface area contributed by atoms with Crippen LogP contribution >= 0.6 is 0 Å². The SMILES string of the molecule is CCc1cc(S(=O)(=O)N(C)Cc2nc(-c3ccccc3)no2)ccc1OC. The second kappa shape index (κ2) is 7.89. The summed E-state index contributed by atoms with van der Waals surface area (Å²) >= 11 is 0. The molecule has 0 spiro atoms. The molecule has 0 bridgehead atoms. The molecule has 0 fully saturated rings. The van der Waals surface area contributed by atoms with Gasteiger partial charge in [-0.05, 0) is 30.2 Å². The van der Waals surface area contributed by atoms with Crippen molar-refractivity contribution in [1.29, 1.82) is 0 Å². The molecule has 0 saturated heterocycles. The molecular formula is C19H21N3O4S. The van der Waals surface area contributed by atoms with Crippen LogP contribution in [0.4, 0.5) is 0 Å². The van der Waals surface area contributed by atoms with Crippen LogP contribution in [0.3, 0.4) is 0 Å². The molecule has 2 aromatic carbocycles. The highest BCUT2D eigenvalue weighted by molar-refractivity contribution is 7.89. The monoisotopic (exact) mass is 387 g/mol. The van der Waals surface area contributed by atoms with Crippen molar-refractivity contribution in [3.63, 3.8) is 0 Å². The molecule has 0 N–H and O–H groups in total. The zero-order valence-corrected chi connectivity index (χ0v) is 16.2. The Bertz CT molecular complexity index is 1020. The molecule has 0 aliphatic rings. The Morgan fingerprint density at radius 2 is 1.89 bits per heavy atom. The highest BCUT2D eigenvalue weighted by Gasteiger charge is 2.24. The van der Waals surface area contributed by atoms with E-state index in [1.807, 2.05) is 37.3 Å². The average Bonchev–Trinajstić information content (AvgIpc) is 3.16. The first-order chi connectivity index (χ1) is 13.0. The first-order valence-corrected chi connectivity index (χ1v) is 9.91. The highest BCUT2D eigenvalue weighted by Crippen LogP contribution is 2.25. The molecule has 0 radical (unpaired) electrons. The molecular weight excluding hydrogens is 366 g/mol. The topological polar surface area (TPSA) is 85.5 Å². The lowest BCUT2D eigenvalue weighted by Gasteiger charge is -2.16. The summed E-state index contributed by atoms with van der Waals surface area (Å²) in [4.78, 5) is 4.48. The number of hydrogen-bond acceptors (Lipinski definition) is 6. The van der Waals surface area contributed by atoms with E-state index in [9.17, 15) is 8.42 Å². The summed E-state index contributed by atoms with van der Waals surface area (Å²) in [7, 11) is -0.652. The van der Waals surface area contributed by atoms with Gasteiger partial charge in [-0.25, -0.2) is 8.42 Å². The van der Waals surface area contributed by atoms with Crippen LogP contribution in [0.2, 0.25) is 0 Å². The maximum atomic E-state index is 12.9. The number of methoxy groups -OCH3 is 1. The van der Waals surface area contributed by atoms with Crippen molar-refractivity contribution in [2.24, 2.45) is 0 Å². The van der Waals surface area contributed by atoms with Gasteiger partial charge in [-0.2, -0.15) is 9.29 Å². The summed E-state index contributed by atoms with van der Waals surface area (Å²) in [6.45, 7) is 1.93. The van der Waals surface area contributed by atoms with Gasteiger partial charge in [0, 0.05) is 12.6 Å². The van der Waals surface area contributed by atoms with Crippen LogP contribution in [0, 0.1) is 0 Å². The minimum absolute atomic E-state index is 0.0182. The molecule has 1 heterocycles. The number of rotatable bonds is 7. The van der Waals surface area contributed by atoms with Gasteiger partial charge in [0.2, 0.25) is 21.7 Å². The molecule has 0 aliphatic heterocycles. The van der Waals surface area contributed by atoms with Gasteiger partial charge in [-0.15, -0.1) is 0 Å². The van der Waals surface area contributed by atoms with Crippen molar-refractivity contribution in [2.45, 2.75) is 24.8 Å². The van der Waals surface area contributed by atoms with E-state index in [0.717, 1.165) is 11.1 Å². The van der Waals surface area contributed by atoms with Crippen molar-refractivity contribution in [2.75, 3.05) is 14.2 Å². The Morgan fingerprint density at radius 1 is 1.15 bits per heavy atom. The van der Waals surface area contributed by atoms with Crippen molar-refractivity contribution in [3.05, 3.63) is 60.0 Å². The second-order valence-corrected chi connectivity index (χ2v) is 8.01. The van der Waals surface area contributed by atoms with Gasteiger partial charge in [0.1, 0.15) is 5.75 Å². The molecule has 27 heavy (non-hydrogen) atoms. The van der Waals surface area contributed by atoms with E-state index in [0.29, 0.717) is 18.0 Å². The van der Waals surface area contributed by atoms with Crippen molar-refractivity contribution < 1.29 is 17.7 Å². The molecule has 1 aromatic heterocycles. The molecule has 0 saturated carbocycles. The molecule has 0 atom stereocenters. The second-order valence-electron chi connectivity index (χ2n) is 5.97. The Hall–Kier alpha value is -2.71. The van der Waals surface area contributed by atoms with E-state index in [4.69, 9.17) is 9.26 Å². The predicted octanol–water partition coefficient (Wildman–Crippen LogP) is 3.13. The Labute approximate surface area is 158 Å². The summed E-state index contributed by atoms with van der Waals surface area (Å²) in [6.07, 6.45) is 0.667. The minimum atomic E-state index is -3.70. The van der Waals surface area contributed by atoms with E-state index in [1.165, 1.54) is 17.4 Å². The first kappa shape index (κ1) is 19.1. The zero-order valence-electron chi connectivity index (χ0n) is 15.4. The number of aromatic nitrogens is 2. The van der Waals surface area contributed by atoms with Crippen LogP contribution in [0.15, 0.2) is 57.9 Å². The number of aryl methyl sites for hydroxylation is 1. The lowest BCUT2D eigenvalue weighted by molar-refractivity contribution is 0.336. The van der Waals surface area contributed by atoms with Crippen molar-refractivity contribution in [1.82, 2.24) is 14.4 Å². The van der Waals surface area contributed by atoms with E-state index in [-0.39, 0.29) is 17.3 Å². The molecule has 7 nitrogen and oxygen atoms in total. The summed E-state index contributed by atoms with van der Waals surface area (Å²) in [5.74, 6) is 1.32. The summed E-state index contributed by atoms with van der Waals surface area (Å²) in [5, 5.41) is 3.92. The lowest BCUT2D eigenvalue weighted by atomic mass is 10.1. The van der Waals surface area contributed by atoms with E-state index in [2.05, 4.69) is 10.1 Å². The number of ether oxygens (including phenoxy) is 1. The van der Waals surface area contributed by atoms with Gasteiger partial charge < -0.3 is 9.26 Å². The number of nitrogens with zero attached hydrogens (tertiary/aromatic N) is 3. The molecule has 0 unspecified atom stereocenters. The van der Waals surface area contributed by atoms with Crippen LogP contribution in [-0.4, -0.2) is 37.0 Å². The zero-order chi connectivity index (χ0) is 19.4. The fourth-order valence-electron chi connectivity index (χ4n) is 2.67. The third-order valence-electron chi connectivity index (χ3n) is 4.20. The van der Waals surface area contributed by atoms with Gasteiger partial charge in [0.05, 0.1) is 18.6 Å². The van der Waals surface area contributed by atoms with Crippen molar-refractivity contribution >= 4 is 10.0 Å². The maximum Gasteiger partial charge on any atom is 0.243 e. The first-order valence-electron chi connectivity index (χ1n) is 8.47. The Balaban J connectivity index is 1.81. The summed E-state index contributed by atoms with van der Waals surface area (Å²) in [5.41, 5.74) is 1.64. The minimum Gasteiger partial charge on any atom is -0.496 e. The normalized spacial score (nSPS) is 11.7. The average molecular weight is 387 g/mol. The quantitative estimate of drug-likeness (QED) is 0.619. The van der Waals surface area contributed by atoms with E-state index < -0.39 is 10.0 Å². The lowest BCUT2D eigenvalue weighted by Crippen LogP contribution is -2.26. The van der Waals surface area contributed by atoms with Crippen LogP contribution in [-0.2, 0) is 23.0 Å². The smallest absolute Gasteiger partial charge is 0.243 e. The van der Waals surface area contributed by atoms with Crippen LogP contribution in [0.25, 0.3) is 11.4 Å². The summed E-state index contributed by atoms with van der Waals surface area (Å²) in [6, 6.07) is 14.2. The van der Waals surface area contributed by atoms with Crippen LogP contribution < -0.4 is 4.74 Å². The Morgan fingerprint density at radius 3 is 2.56 bits per heavy atom. The highest BCUT2D eigenvalue weighted by atomic mass is 32.2. The number of sulfonamides is 1. The molecule has 0 amide bonds. The number of benzene rings is 2. The Kier molecular flexibility index (Phi) is 5.57. The summed E-state index contributed by atoms with van der Waals surface area (Å²) < 4.78 is 37.4.